The molecule has 0 saturated heterocycles. The van der Waals surface area contributed by atoms with Gasteiger partial charge in [0.05, 0.1) is 36.8 Å². The molecule has 2 rings (SSSR count). The standard InChI is InChI=1S/C15H17BrN2O3/c1-20-10-14-13(15(19)7-16)9-18(17-14)8-11-3-5-12(21-2)6-4-11/h3-6,9H,7-8,10H2,1-2H3. The van der Waals surface area contributed by atoms with Crippen molar-refractivity contribution in [1.29, 1.82) is 0 Å². The number of Topliss-reactive ketones (excluding diaryl/α,β-unsaturated/α-hetero) is 1. The van der Waals surface area contributed by atoms with Gasteiger partial charge in [0, 0.05) is 13.3 Å². The zero-order valence-corrected chi connectivity index (χ0v) is 13.6. The van der Waals surface area contributed by atoms with Crippen LogP contribution in [-0.4, -0.2) is 35.1 Å². The van der Waals surface area contributed by atoms with Crippen LogP contribution in [0.5, 0.6) is 5.75 Å². The topological polar surface area (TPSA) is 53.4 Å². The minimum Gasteiger partial charge on any atom is -0.497 e. The summed E-state index contributed by atoms with van der Waals surface area (Å²) in [5, 5.41) is 4.70. The number of ether oxygens (including phenoxy) is 2. The quantitative estimate of drug-likeness (QED) is 0.567. The molecule has 0 bridgehead atoms. The highest BCUT2D eigenvalue weighted by Gasteiger charge is 2.15. The van der Waals surface area contributed by atoms with Crippen LogP contribution in [0.3, 0.4) is 0 Å². The van der Waals surface area contributed by atoms with Crippen molar-refractivity contribution < 1.29 is 14.3 Å². The molecule has 0 N–H and O–H groups in total. The largest absolute Gasteiger partial charge is 0.497 e. The average Bonchev–Trinajstić information content (AvgIpc) is 2.90. The van der Waals surface area contributed by atoms with E-state index in [1.165, 1.54) is 0 Å². The van der Waals surface area contributed by atoms with E-state index in [0.717, 1.165) is 11.3 Å². The Balaban J connectivity index is 2.20. The van der Waals surface area contributed by atoms with Crippen molar-refractivity contribution >= 4 is 21.7 Å². The van der Waals surface area contributed by atoms with Crippen molar-refractivity contribution in [2.24, 2.45) is 0 Å². The maximum Gasteiger partial charge on any atom is 0.176 e. The summed E-state index contributed by atoms with van der Waals surface area (Å²) < 4.78 is 12.0. The molecule has 0 aliphatic carbocycles. The van der Waals surface area contributed by atoms with Gasteiger partial charge in [-0.15, -0.1) is 0 Å². The van der Waals surface area contributed by atoms with Gasteiger partial charge < -0.3 is 9.47 Å². The number of ketones is 1. The molecule has 0 amide bonds. The van der Waals surface area contributed by atoms with Crippen molar-refractivity contribution in [2.45, 2.75) is 13.2 Å². The Bertz CT molecular complexity index is 608. The molecule has 0 saturated carbocycles. The molecule has 5 nitrogen and oxygen atoms in total. The van der Waals surface area contributed by atoms with E-state index in [1.54, 1.807) is 25.1 Å². The van der Waals surface area contributed by atoms with E-state index in [2.05, 4.69) is 21.0 Å². The number of methoxy groups -OCH3 is 2. The summed E-state index contributed by atoms with van der Waals surface area (Å²) in [5.41, 5.74) is 2.35. The summed E-state index contributed by atoms with van der Waals surface area (Å²) in [6, 6.07) is 7.75. The van der Waals surface area contributed by atoms with Crippen LogP contribution in [0.25, 0.3) is 0 Å². The minimum atomic E-state index is 0.00281. The van der Waals surface area contributed by atoms with Crippen LogP contribution in [0.15, 0.2) is 30.5 Å². The third-order valence-electron chi connectivity index (χ3n) is 3.04. The number of aromatic nitrogens is 2. The maximum absolute atomic E-state index is 11.9. The van der Waals surface area contributed by atoms with Crippen molar-refractivity contribution in [3.8, 4) is 5.75 Å². The van der Waals surface area contributed by atoms with Crippen LogP contribution >= 0.6 is 15.9 Å². The summed E-state index contributed by atoms with van der Waals surface area (Å²) >= 11 is 3.19. The van der Waals surface area contributed by atoms with Gasteiger partial charge in [-0.05, 0) is 17.7 Å². The lowest BCUT2D eigenvalue weighted by Gasteiger charge is -2.03. The van der Waals surface area contributed by atoms with E-state index in [1.807, 2.05) is 24.3 Å². The highest BCUT2D eigenvalue weighted by molar-refractivity contribution is 9.09. The molecule has 0 fully saturated rings. The minimum absolute atomic E-state index is 0.00281. The number of carbonyl (C=O) groups is 1. The van der Waals surface area contributed by atoms with Crippen LogP contribution < -0.4 is 4.74 Å². The fourth-order valence-corrected chi connectivity index (χ4v) is 2.31. The molecule has 1 aromatic heterocycles. The Morgan fingerprint density at radius 3 is 2.57 bits per heavy atom. The molecule has 1 aromatic carbocycles. The summed E-state index contributed by atoms with van der Waals surface area (Å²) in [7, 11) is 3.22. The van der Waals surface area contributed by atoms with E-state index in [-0.39, 0.29) is 11.1 Å². The van der Waals surface area contributed by atoms with Crippen LogP contribution in [-0.2, 0) is 17.9 Å². The fraction of sp³-hybridized carbons (Fsp3) is 0.333. The molecule has 112 valence electrons. The second-order valence-electron chi connectivity index (χ2n) is 4.52. The van der Waals surface area contributed by atoms with Gasteiger partial charge in [0.25, 0.3) is 0 Å². The molecule has 21 heavy (non-hydrogen) atoms. The molecule has 2 aromatic rings. The average molecular weight is 353 g/mol. The Labute approximate surface area is 132 Å². The van der Waals surface area contributed by atoms with Gasteiger partial charge in [-0.3, -0.25) is 9.48 Å². The molecule has 6 heteroatoms. The Hall–Kier alpha value is -1.66. The molecule has 0 atom stereocenters. The van der Waals surface area contributed by atoms with Crippen molar-refractivity contribution in [1.82, 2.24) is 9.78 Å². The predicted octanol–water partition coefficient (Wildman–Crippen LogP) is 2.66. The van der Waals surface area contributed by atoms with Gasteiger partial charge in [0.15, 0.2) is 5.78 Å². The summed E-state index contributed by atoms with van der Waals surface area (Å²) in [4.78, 5) is 11.9. The number of carbonyl (C=O) groups excluding carboxylic acids is 1. The number of alkyl halides is 1. The summed E-state index contributed by atoms with van der Waals surface area (Å²) in [5.74, 6) is 0.817. The lowest BCUT2D eigenvalue weighted by atomic mass is 10.2. The molecule has 0 radical (unpaired) electrons. The van der Waals surface area contributed by atoms with Gasteiger partial charge in [-0.1, -0.05) is 28.1 Å². The van der Waals surface area contributed by atoms with Gasteiger partial charge in [0.1, 0.15) is 5.75 Å². The van der Waals surface area contributed by atoms with E-state index in [0.29, 0.717) is 24.4 Å². The van der Waals surface area contributed by atoms with Crippen molar-refractivity contribution in [2.75, 3.05) is 19.5 Å². The SMILES string of the molecule is COCc1nn(Cc2ccc(OC)cc2)cc1C(=O)CBr. The number of benzene rings is 1. The summed E-state index contributed by atoms with van der Waals surface area (Å²) in [6.45, 7) is 0.917. The highest BCUT2D eigenvalue weighted by Crippen LogP contribution is 2.15. The first-order valence-electron chi connectivity index (χ1n) is 6.45. The van der Waals surface area contributed by atoms with Crippen LogP contribution in [0.2, 0.25) is 0 Å². The Kier molecular flexibility index (Phi) is 5.52. The van der Waals surface area contributed by atoms with Gasteiger partial charge in [0.2, 0.25) is 0 Å². The third kappa shape index (κ3) is 3.92. The zero-order valence-electron chi connectivity index (χ0n) is 12.0. The maximum atomic E-state index is 11.9. The molecule has 0 spiro atoms. The van der Waals surface area contributed by atoms with Crippen LogP contribution in [0, 0.1) is 0 Å². The van der Waals surface area contributed by atoms with Crippen LogP contribution in [0.1, 0.15) is 21.6 Å². The molecule has 0 aliphatic rings. The first-order valence-corrected chi connectivity index (χ1v) is 7.57. The number of hydrogen-bond donors (Lipinski definition) is 0. The Morgan fingerprint density at radius 2 is 2.00 bits per heavy atom. The molecule has 0 unspecified atom stereocenters. The number of hydrogen-bond acceptors (Lipinski definition) is 4. The zero-order chi connectivity index (χ0) is 15.2. The highest BCUT2D eigenvalue weighted by atomic mass is 79.9. The fourth-order valence-electron chi connectivity index (χ4n) is 2.01. The molecular formula is C15H17BrN2O3. The third-order valence-corrected chi connectivity index (χ3v) is 3.55. The monoisotopic (exact) mass is 352 g/mol. The van der Waals surface area contributed by atoms with Crippen molar-refractivity contribution in [3.05, 3.63) is 47.3 Å². The second-order valence-corrected chi connectivity index (χ2v) is 5.09. The Morgan fingerprint density at radius 1 is 1.29 bits per heavy atom. The lowest BCUT2D eigenvalue weighted by Crippen LogP contribution is -2.03. The van der Waals surface area contributed by atoms with Crippen LogP contribution in [0.4, 0.5) is 0 Å². The van der Waals surface area contributed by atoms with E-state index in [4.69, 9.17) is 9.47 Å². The van der Waals surface area contributed by atoms with Gasteiger partial charge in [-0.25, -0.2) is 0 Å². The molecule has 1 heterocycles. The molecular weight excluding hydrogens is 336 g/mol. The van der Waals surface area contributed by atoms with Crippen molar-refractivity contribution in [3.63, 3.8) is 0 Å². The summed E-state index contributed by atoms with van der Waals surface area (Å²) in [6.07, 6.45) is 1.77. The number of halogens is 1. The van der Waals surface area contributed by atoms with Gasteiger partial charge >= 0.3 is 0 Å². The smallest absolute Gasteiger partial charge is 0.176 e. The van der Waals surface area contributed by atoms with E-state index < -0.39 is 0 Å². The first kappa shape index (κ1) is 15.7. The first-order chi connectivity index (χ1) is 10.2. The molecule has 0 aliphatic heterocycles. The van der Waals surface area contributed by atoms with E-state index >= 15 is 0 Å². The normalized spacial score (nSPS) is 10.6. The predicted molar refractivity (Wildman–Crippen MR) is 83.2 cm³/mol. The number of rotatable bonds is 7. The second kappa shape index (κ2) is 7.38. The van der Waals surface area contributed by atoms with E-state index in [9.17, 15) is 4.79 Å². The number of nitrogens with zero attached hydrogens (tertiary/aromatic N) is 2. The lowest BCUT2D eigenvalue weighted by molar-refractivity contribution is 0.101. The van der Waals surface area contributed by atoms with Gasteiger partial charge in [-0.2, -0.15) is 5.10 Å².